The van der Waals surface area contributed by atoms with Crippen molar-refractivity contribution in [2.75, 3.05) is 26.2 Å². The first kappa shape index (κ1) is 14.0. The Bertz CT molecular complexity index is 447. The molecule has 3 rings (SSSR count). The second kappa shape index (κ2) is 5.82. The van der Waals surface area contributed by atoms with E-state index >= 15 is 0 Å². The Morgan fingerprint density at radius 3 is 2.85 bits per heavy atom. The van der Waals surface area contributed by atoms with Gasteiger partial charge in [-0.15, -0.1) is 10.2 Å². The van der Waals surface area contributed by atoms with E-state index in [0.717, 1.165) is 30.7 Å². The molecule has 5 nitrogen and oxygen atoms in total. The van der Waals surface area contributed by atoms with E-state index in [4.69, 9.17) is 0 Å². The molecule has 1 aromatic heterocycles. The Labute approximate surface area is 121 Å². The quantitative estimate of drug-likeness (QED) is 0.915. The molecule has 3 heterocycles. The minimum Gasteiger partial charge on any atom is -0.316 e. The van der Waals surface area contributed by atoms with Crippen molar-refractivity contribution in [3.63, 3.8) is 0 Å². The topological polar surface area (TPSA) is 46.0 Å². The summed E-state index contributed by atoms with van der Waals surface area (Å²) in [6, 6.07) is 0.394. The number of rotatable bonds is 3. The fourth-order valence-electron chi connectivity index (χ4n) is 3.54. The molecule has 0 bridgehead atoms. The van der Waals surface area contributed by atoms with E-state index in [9.17, 15) is 0 Å². The van der Waals surface area contributed by atoms with Gasteiger partial charge in [-0.2, -0.15) is 0 Å². The summed E-state index contributed by atoms with van der Waals surface area (Å²) in [5, 5.41) is 12.4. The fraction of sp³-hybridized carbons (Fsp3) is 0.867. The maximum Gasteiger partial charge on any atom is 0.150 e. The van der Waals surface area contributed by atoms with Crippen LogP contribution in [0.25, 0.3) is 0 Å². The third kappa shape index (κ3) is 2.61. The van der Waals surface area contributed by atoms with Gasteiger partial charge in [0.25, 0.3) is 0 Å². The molecule has 0 aliphatic carbocycles. The van der Waals surface area contributed by atoms with Crippen LogP contribution in [-0.2, 0) is 6.54 Å². The lowest BCUT2D eigenvalue weighted by molar-refractivity contribution is 0.128. The van der Waals surface area contributed by atoms with E-state index in [2.05, 4.69) is 45.8 Å². The average Bonchev–Trinajstić information content (AvgIpc) is 2.88. The molecule has 20 heavy (non-hydrogen) atoms. The van der Waals surface area contributed by atoms with Crippen molar-refractivity contribution in [1.29, 1.82) is 0 Å². The highest BCUT2D eigenvalue weighted by molar-refractivity contribution is 5.06. The third-order valence-corrected chi connectivity index (χ3v) is 4.75. The van der Waals surface area contributed by atoms with Gasteiger partial charge in [-0.3, -0.25) is 4.90 Å². The van der Waals surface area contributed by atoms with Crippen molar-refractivity contribution < 1.29 is 0 Å². The Morgan fingerprint density at radius 2 is 2.15 bits per heavy atom. The molecule has 1 aromatic rings. The summed E-state index contributed by atoms with van der Waals surface area (Å²) in [6.45, 7) is 12.4. The van der Waals surface area contributed by atoms with Gasteiger partial charge in [0, 0.05) is 25.6 Å². The maximum atomic E-state index is 4.46. The van der Waals surface area contributed by atoms with Crippen molar-refractivity contribution in [2.24, 2.45) is 5.92 Å². The number of hydrogen-bond acceptors (Lipinski definition) is 4. The molecule has 0 amide bonds. The summed E-state index contributed by atoms with van der Waals surface area (Å²) in [5.74, 6) is 3.55. The molecule has 2 unspecified atom stereocenters. The third-order valence-electron chi connectivity index (χ3n) is 4.75. The zero-order valence-electron chi connectivity index (χ0n) is 13.0. The van der Waals surface area contributed by atoms with Crippen LogP contribution in [0.1, 0.15) is 57.2 Å². The number of nitrogens with one attached hydrogen (secondary N) is 1. The molecule has 1 fully saturated rings. The van der Waals surface area contributed by atoms with Gasteiger partial charge in [0.1, 0.15) is 11.6 Å². The smallest absolute Gasteiger partial charge is 0.150 e. The van der Waals surface area contributed by atoms with Crippen molar-refractivity contribution in [1.82, 2.24) is 25.0 Å². The summed E-state index contributed by atoms with van der Waals surface area (Å²) < 4.78 is 2.34. The Hall–Kier alpha value is -0.940. The van der Waals surface area contributed by atoms with Gasteiger partial charge in [0.15, 0.2) is 0 Å². The van der Waals surface area contributed by atoms with Gasteiger partial charge in [-0.1, -0.05) is 13.8 Å². The number of piperidine rings is 1. The minimum atomic E-state index is 0.394. The predicted molar refractivity (Wildman–Crippen MR) is 79.7 cm³/mol. The molecule has 2 aliphatic rings. The summed E-state index contributed by atoms with van der Waals surface area (Å²) in [6.07, 6.45) is 2.68. The highest BCUT2D eigenvalue weighted by Crippen LogP contribution is 2.28. The van der Waals surface area contributed by atoms with E-state index in [-0.39, 0.29) is 0 Å². The minimum absolute atomic E-state index is 0.394. The molecular formula is C15H27N5. The summed E-state index contributed by atoms with van der Waals surface area (Å²) in [7, 11) is 0. The van der Waals surface area contributed by atoms with Crippen LogP contribution in [0.15, 0.2) is 0 Å². The standard InChI is InChI=1S/C15H27N5/c1-11(2)14-17-18-15-12(3)19(7-8-20(14)15)10-13-5-4-6-16-9-13/h11-13,16H,4-10H2,1-3H3. The molecule has 0 radical (unpaired) electrons. The number of hydrogen-bond donors (Lipinski definition) is 1. The number of nitrogens with zero attached hydrogens (tertiary/aromatic N) is 4. The van der Waals surface area contributed by atoms with Gasteiger partial charge in [0.05, 0.1) is 6.04 Å². The van der Waals surface area contributed by atoms with Crippen molar-refractivity contribution in [3.8, 4) is 0 Å². The average molecular weight is 277 g/mol. The largest absolute Gasteiger partial charge is 0.316 e. The fourth-order valence-corrected chi connectivity index (χ4v) is 3.54. The van der Waals surface area contributed by atoms with Crippen LogP contribution >= 0.6 is 0 Å². The Kier molecular flexibility index (Phi) is 4.08. The van der Waals surface area contributed by atoms with Gasteiger partial charge >= 0.3 is 0 Å². The molecule has 0 spiro atoms. The summed E-state index contributed by atoms with van der Waals surface area (Å²) in [5.41, 5.74) is 0. The highest BCUT2D eigenvalue weighted by Gasteiger charge is 2.30. The monoisotopic (exact) mass is 277 g/mol. The number of aromatic nitrogens is 3. The van der Waals surface area contributed by atoms with Crippen molar-refractivity contribution >= 4 is 0 Å². The first-order valence-electron chi connectivity index (χ1n) is 8.04. The Morgan fingerprint density at radius 1 is 1.30 bits per heavy atom. The molecule has 1 saturated heterocycles. The second-order valence-corrected chi connectivity index (χ2v) is 6.61. The maximum absolute atomic E-state index is 4.46. The van der Waals surface area contributed by atoms with E-state index in [1.54, 1.807) is 0 Å². The van der Waals surface area contributed by atoms with Crippen molar-refractivity contribution in [2.45, 2.75) is 52.1 Å². The summed E-state index contributed by atoms with van der Waals surface area (Å²) >= 11 is 0. The number of fused-ring (bicyclic) bond motifs is 1. The van der Waals surface area contributed by atoms with Crippen LogP contribution in [0, 0.1) is 5.92 Å². The molecule has 1 N–H and O–H groups in total. The molecular weight excluding hydrogens is 250 g/mol. The van der Waals surface area contributed by atoms with E-state index in [1.165, 1.54) is 32.5 Å². The van der Waals surface area contributed by atoms with Crippen LogP contribution in [0.4, 0.5) is 0 Å². The van der Waals surface area contributed by atoms with Crippen molar-refractivity contribution in [3.05, 3.63) is 11.6 Å². The van der Waals surface area contributed by atoms with E-state index in [0.29, 0.717) is 12.0 Å². The first-order chi connectivity index (χ1) is 9.66. The second-order valence-electron chi connectivity index (χ2n) is 6.61. The molecule has 112 valence electrons. The lowest BCUT2D eigenvalue weighted by Crippen LogP contribution is -2.43. The van der Waals surface area contributed by atoms with E-state index in [1.807, 2.05) is 0 Å². The summed E-state index contributed by atoms with van der Waals surface area (Å²) in [4.78, 5) is 2.59. The molecule has 2 aliphatic heterocycles. The van der Waals surface area contributed by atoms with Gasteiger partial charge in [-0.05, 0) is 38.8 Å². The predicted octanol–water partition coefficient (Wildman–Crippen LogP) is 1.78. The van der Waals surface area contributed by atoms with Crippen LogP contribution in [0.3, 0.4) is 0 Å². The zero-order chi connectivity index (χ0) is 14.1. The van der Waals surface area contributed by atoms with E-state index < -0.39 is 0 Å². The Balaban J connectivity index is 1.70. The molecule has 2 atom stereocenters. The SMILES string of the molecule is CC(C)c1nnc2n1CCN(CC1CCCNC1)C2C. The van der Waals surface area contributed by atoms with Gasteiger partial charge < -0.3 is 9.88 Å². The highest BCUT2D eigenvalue weighted by atomic mass is 15.4. The van der Waals surface area contributed by atoms with Crippen LogP contribution in [-0.4, -0.2) is 45.8 Å². The van der Waals surface area contributed by atoms with Crippen LogP contribution in [0.2, 0.25) is 0 Å². The molecule has 0 saturated carbocycles. The van der Waals surface area contributed by atoms with Gasteiger partial charge in [0.2, 0.25) is 0 Å². The normalized spacial score (nSPS) is 27.8. The van der Waals surface area contributed by atoms with Gasteiger partial charge in [-0.25, -0.2) is 0 Å². The lowest BCUT2D eigenvalue weighted by Gasteiger charge is -2.37. The zero-order valence-corrected chi connectivity index (χ0v) is 13.0. The van der Waals surface area contributed by atoms with Crippen LogP contribution < -0.4 is 5.32 Å². The first-order valence-corrected chi connectivity index (χ1v) is 8.04. The molecule has 0 aromatic carbocycles. The van der Waals surface area contributed by atoms with Crippen LogP contribution in [0.5, 0.6) is 0 Å². The lowest BCUT2D eigenvalue weighted by atomic mass is 9.98. The molecule has 5 heteroatoms.